The highest BCUT2D eigenvalue weighted by atomic mass is 32.2. The lowest BCUT2D eigenvalue weighted by molar-refractivity contribution is 0.404. The summed E-state index contributed by atoms with van der Waals surface area (Å²) in [5.74, 6) is 2.27. The highest BCUT2D eigenvalue weighted by Crippen LogP contribution is 2.40. The largest absolute Gasteiger partial charge is 0.496 e. The molecule has 0 spiro atoms. The maximum atomic E-state index is 5.89. The first-order valence-electron chi connectivity index (χ1n) is 6.77. The number of benzene rings is 1. The van der Waals surface area contributed by atoms with Crippen molar-refractivity contribution in [2.45, 2.75) is 34.7 Å². The van der Waals surface area contributed by atoms with Gasteiger partial charge < -0.3 is 10.5 Å². The third-order valence-electron chi connectivity index (χ3n) is 3.42. The Hall–Kier alpha value is -1.34. The number of rotatable bonds is 6. The summed E-state index contributed by atoms with van der Waals surface area (Å²) in [6.07, 6.45) is 4.39. The van der Waals surface area contributed by atoms with Gasteiger partial charge >= 0.3 is 0 Å². The Morgan fingerprint density at radius 2 is 2.19 bits per heavy atom. The van der Waals surface area contributed by atoms with Crippen molar-refractivity contribution in [1.82, 2.24) is 14.8 Å². The zero-order chi connectivity index (χ0) is 14.8. The Bertz CT molecular complexity index is 640. The smallest absolute Gasteiger partial charge is 0.222 e. The van der Waals surface area contributed by atoms with E-state index < -0.39 is 0 Å². The van der Waals surface area contributed by atoms with Crippen molar-refractivity contribution < 1.29 is 4.74 Å². The first-order chi connectivity index (χ1) is 10.2. The van der Waals surface area contributed by atoms with Crippen molar-refractivity contribution in [2.24, 2.45) is 0 Å². The SMILES string of the molecule is COc1cc(CSc2nnc(N)n2C2CC2)ccc1SC. The van der Waals surface area contributed by atoms with Crippen LogP contribution in [-0.4, -0.2) is 28.1 Å². The highest BCUT2D eigenvalue weighted by Gasteiger charge is 2.28. The van der Waals surface area contributed by atoms with Gasteiger partial charge in [-0.15, -0.1) is 22.0 Å². The van der Waals surface area contributed by atoms with Crippen LogP contribution in [0.25, 0.3) is 0 Å². The molecule has 7 heteroatoms. The van der Waals surface area contributed by atoms with E-state index in [1.807, 2.05) is 6.26 Å². The van der Waals surface area contributed by atoms with Gasteiger partial charge in [0.25, 0.3) is 0 Å². The molecule has 0 radical (unpaired) electrons. The van der Waals surface area contributed by atoms with Crippen molar-refractivity contribution in [2.75, 3.05) is 19.1 Å². The Labute approximate surface area is 132 Å². The fraction of sp³-hybridized carbons (Fsp3) is 0.429. The van der Waals surface area contributed by atoms with Crippen LogP contribution in [0.15, 0.2) is 28.3 Å². The number of nitrogen functional groups attached to an aromatic ring is 1. The van der Waals surface area contributed by atoms with Gasteiger partial charge in [-0.1, -0.05) is 17.8 Å². The van der Waals surface area contributed by atoms with Gasteiger partial charge in [0.2, 0.25) is 5.95 Å². The standard InChI is InChI=1S/C14H18N4OS2/c1-19-11-7-9(3-6-12(11)20-2)8-21-14-17-16-13(15)18(14)10-4-5-10/h3,6-7,10H,4-5,8H2,1-2H3,(H2,15,16). The normalized spacial score (nSPS) is 14.4. The molecule has 2 N–H and O–H groups in total. The molecule has 3 rings (SSSR count). The van der Waals surface area contributed by atoms with E-state index in [9.17, 15) is 0 Å². The molecule has 1 aromatic carbocycles. The maximum Gasteiger partial charge on any atom is 0.222 e. The third-order valence-corrected chi connectivity index (χ3v) is 5.21. The Balaban J connectivity index is 1.73. The topological polar surface area (TPSA) is 66.0 Å². The van der Waals surface area contributed by atoms with Gasteiger partial charge in [0.1, 0.15) is 5.75 Å². The second-order valence-electron chi connectivity index (χ2n) is 4.92. The number of hydrogen-bond donors (Lipinski definition) is 1. The second kappa shape index (κ2) is 6.19. The molecular formula is C14H18N4OS2. The molecule has 0 amide bonds. The molecule has 1 aliphatic carbocycles. The van der Waals surface area contributed by atoms with Crippen LogP contribution in [0.5, 0.6) is 5.75 Å². The summed E-state index contributed by atoms with van der Waals surface area (Å²) in [7, 11) is 1.70. The fourth-order valence-electron chi connectivity index (χ4n) is 2.18. The van der Waals surface area contributed by atoms with Crippen molar-refractivity contribution in [3.8, 4) is 5.75 Å². The van der Waals surface area contributed by atoms with E-state index in [1.165, 1.54) is 18.4 Å². The molecule has 5 nitrogen and oxygen atoms in total. The molecule has 0 atom stereocenters. The molecule has 1 fully saturated rings. The molecule has 1 aromatic heterocycles. The van der Waals surface area contributed by atoms with Crippen molar-refractivity contribution >= 4 is 29.5 Å². The summed E-state index contributed by atoms with van der Waals surface area (Å²) in [5, 5.41) is 9.08. The molecule has 2 aromatic rings. The third kappa shape index (κ3) is 3.13. The average Bonchev–Trinajstić information content (AvgIpc) is 3.28. The predicted molar refractivity (Wildman–Crippen MR) is 87.0 cm³/mol. The van der Waals surface area contributed by atoms with Gasteiger partial charge in [-0.05, 0) is 36.8 Å². The highest BCUT2D eigenvalue weighted by molar-refractivity contribution is 7.98. The molecule has 0 saturated heterocycles. The molecular weight excluding hydrogens is 304 g/mol. The summed E-state index contributed by atoms with van der Waals surface area (Å²) in [6, 6.07) is 6.80. The van der Waals surface area contributed by atoms with Gasteiger partial charge in [0.05, 0.1) is 7.11 Å². The number of aromatic nitrogens is 3. The minimum absolute atomic E-state index is 0.496. The monoisotopic (exact) mass is 322 g/mol. The first kappa shape index (κ1) is 14.6. The molecule has 21 heavy (non-hydrogen) atoms. The average molecular weight is 322 g/mol. The lowest BCUT2D eigenvalue weighted by atomic mass is 10.2. The molecule has 1 aliphatic rings. The van der Waals surface area contributed by atoms with E-state index in [0.717, 1.165) is 21.6 Å². The van der Waals surface area contributed by atoms with Gasteiger partial charge in [-0.3, -0.25) is 4.57 Å². The predicted octanol–water partition coefficient (Wildman–Crippen LogP) is 3.22. The van der Waals surface area contributed by atoms with Crippen LogP contribution < -0.4 is 10.5 Å². The molecule has 0 aliphatic heterocycles. The number of thioether (sulfide) groups is 2. The number of nitrogens with zero attached hydrogens (tertiary/aromatic N) is 3. The van der Waals surface area contributed by atoms with Crippen molar-refractivity contribution in [3.05, 3.63) is 23.8 Å². The van der Waals surface area contributed by atoms with Gasteiger partial charge in [-0.2, -0.15) is 0 Å². The number of methoxy groups -OCH3 is 1. The van der Waals surface area contributed by atoms with Crippen LogP contribution in [0.3, 0.4) is 0 Å². The number of anilines is 1. The lowest BCUT2D eigenvalue weighted by Crippen LogP contribution is -2.02. The zero-order valence-corrected chi connectivity index (χ0v) is 13.7. The van der Waals surface area contributed by atoms with E-state index in [1.54, 1.807) is 30.6 Å². The summed E-state index contributed by atoms with van der Waals surface area (Å²) < 4.78 is 7.48. The molecule has 112 valence electrons. The minimum atomic E-state index is 0.496. The van der Waals surface area contributed by atoms with Crippen LogP contribution in [0.1, 0.15) is 24.4 Å². The summed E-state index contributed by atoms with van der Waals surface area (Å²) >= 11 is 3.36. The van der Waals surface area contributed by atoms with E-state index in [2.05, 4.69) is 33.0 Å². The number of ether oxygens (including phenoxy) is 1. The van der Waals surface area contributed by atoms with Crippen LogP contribution in [-0.2, 0) is 5.75 Å². The Morgan fingerprint density at radius 3 is 2.86 bits per heavy atom. The second-order valence-corrected chi connectivity index (χ2v) is 6.71. The van der Waals surface area contributed by atoms with E-state index >= 15 is 0 Å². The summed E-state index contributed by atoms with van der Waals surface area (Å²) in [6.45, 7) is 0. The van der Waals surface area contributed by atoms with Crippen molar-refractivity contribution in [3.63, 3.8) is 0 Å². The van der Waals surface area contributed by atoms with Crippen LogP contribution in [0.2, 0.25) is 0 Å². The minimum Gasteiger partial charge on any atom is -0.496 e. The van der Waals surface area contributed by atoms with Gasteiger partial charge in [-0.25, -0.2) is 0 Å². The van der Waals surface area contributed by atoms with E-state index in [4.69, 9.17) is 10.5 Å². The quantitative estimate of drug-likeness (QED) is 0.824. The maximum absolute atomic E-state index is 5.89. The molecule has 1 saturated carbocycles. The number of nitrogens with two attached hydrogens (primary N) is 1. The fourth-order valence-corrected chi connectivity index (χ4v) is 3.68. The van der Waals surface area contributed by atoms with Crippen LogP contribution >= 0.6 is 23.5 Å². The first-order valence-corrected chi connectivity index (χ1v) is 8.98. The van der Waals surface area contributed by atoms with Gasteiger partial charge in [0, 0.05) is 16.7 Å². The van der Waals surface area contributed by atoms with Crippen LogP contribution in [0, 0.1) is 0 Å². The van der Waals surface area contributed by atoms with Gasteiger partial charge in [0.15, 0.2) is 5.16 Å². The summed E-state index contributed by atoms with van der Waals surface area (Å²) in [5.41, 5.74) is 7.10. The van der Waals surface area contributed by atoms with Crippen LogP contribution in [0.4, 0.5) is 5.95 Å². The molecule has 0 unspecified atom stereocenters. The molecule has 1 heterocycles. The Kier molecular flexibility index (Phi) is 4.30. The lowest BCUT2D eigenvalue weighted by Gasteiger charge is -2.09. The Morgan fingerprint density at radius 1 is 1.38 bits per heavy atom. The van der Waals surface area contributed by atoms with E-state index in [0.29, 0.717) is 12.0 Å². The molecule has 0 bridgehead atoms. The number of hydrogen-bond acceptors (Lipinski definition) is 6. The van der Waals surface area contributed by atoms with E-state index in [-0.39, 0.29) is 0 Å². The van der Waals surface area contributed by atoms with Crippen molar-refractivity contribution in [1.29, 1.82) is 0 Å². The summed E-state index contributed by atoms with van der Waals surface area (Å²) in [4.78, 5) is 1.15. The zero-order valence-electron chi connectivity index (χ0n) is 12.1.